The van der Waals surface area contributed by atoms with Gasteiger partial charge in [-0.15, -0.1) is 0 Å². The van der Waals surface area contributed by atoms with Crippen LogP contribution in [0.1, 0.15) is 25.5 Å². The van der Waals surface area contributed by atoms with Crippen molar-refractivity contribution in [1.29, 1.82) is 5.26 Å². The monoisotopic (exact) mass is 309 g/mol. The highest BCUT2D eigenvalue weighted by atomic mass is 19.4. The molecule has 2 rings (SSSR count). The average molecular weight is 309 g/mol. The number of nitriles is 1. The van der Waals surface area contributed by atoms with Crippen LogP contribution in [0.5, 0.6) is 5.75 Å². The van der Waals surface area contributed by atoms with Gasteiger partial charge in [0.05, 0.1) is 17.3 Å². The fourth-order valence-electron chi connectivity index (χ4n) is 2.01. The van der Waals surface area contributed by atoms with Gasteiger partial charge in [0.1, 0.15) is 5.75 Å². The Morgan fingerprint density at radius 2 is 2.05 bits per heavy atom. The molecule has 0 saturated heterocycles. The van der Waals surface area contributed by atoms with Crippen molar-refractivity contribution in [3.05, 3.63) is 36.0 Å². The third kappa shape index (κ3) is 3.79. The highest BCUT2D eigenvalue weighted by Crippen LogP contribution is 2.28. The van der Waals surface area contributed by atoms with E-state index in [2.05, 4.69) is 5.10 Å². The Bertz CT molecular complexity index is 699. The van der Waals surface area contributed by atoms with Crippen LogP contribution in [0.2, 0.25) is 0 Å². The van der Waals surface area contributed by atoms with E-state index in [9.17, 15) is 13.2 Å². The first-order chi connectivity index (χ1) is 10.3. The van der Waals surface area contributed by atoms with E-state index in [1.54, 1.807) is 23.0 Å². The van der Waals surface area contributed by atoms with Crippen LogP contribution in [0, 0.1) is 11.3 Å². The first-order valence-electron chi connectivity index (χ1n) is 6.59. The molecule has 0 aliphatic heterocycles. The predicted octanol–water partition coefficient (Wildman–Crippen LogP) is 3.94. The van der Waals surface area contributed by atoms with Crippen LogP contribution in [0.3, 0.4) is 0 Å². The van der Waals surface area contributed by atoms with Crippen LogP contribution >= 0.6 is 0 Å². The van der Waals surface area contributed by atoms with Crippen molar-refractivity contribution in [3.63, 3.8) is 0 Å². The Morgan fingerprint density at radius 1 is 1.32 bits per heavy atom. The van der Waals surface area contributed by atoms with Crippen LogP contribution in [-0.2, 0) is 0 Å². The molecule has 0 spiro atoms. The lowest BCUT2D eigenvalue weighted by Crippen LogP contribution is -2.19. The van der Waals surface area contributed by atoms with Gasteiger partial charge in [-0.1, -0.05) is 0 Å². The van der Waals surface area contributed by atoms with Gasteiger partial charge in [-0.3, -0.25) is 4.68 Å². The maximum absolute atomic E-state index is 12.3. The molecule has 0 radical (unpaired) electrons. The fraction of sp³-hybridized carbons (Fsp3) is 0.333. The number of aromatic nitrogens is 2. The van der Waals surface area contributed by atoms with Gasteiger partial charge in [0.15, 0.2) is 6.61 Å². The molecule has 0 N–H and O–H groups in total. The topological polar surface area (TPSA) is 50.8 Å². The molecule has 4 nitrogen and oxygen atoms in total. The summed E-state index contributed by atoms with van der Waals surface area (Å²) in [6.07, 6.45) is -2.83. The predicted molar refractivity (Wildman–Crippen MR) is 74.3 cm³/mol. The van der Waals surface area contributed by atoms with Gasteiger partial charge in [0.2, 0.25) is 0 Å². The van der Waals surface area contributed by atoms with E-state index >= 15 is 0 Å². The van der Waals surface area contributed by atoms with Gasteiger partial charge in [-0.25, -0.2) is 0 Å². The van der Waals surface area contributed by atoms with Crippen molar-refractivity contribution in [3.8, 4) is 23.1 Å². The summed E-state index contributed by atoms with van der Waals surface area (Å²) in [6, 6.07) is 8.10. The van der Waals surface area contributed by atoms with Crippen molar-refractivity contribution in [2.75, 3.05) is 6.61 Å². The highest BCUT2D eigenvalue weighted by molar-refractivity contribution is 5.64. The number of alkyl halides is 3. The molecule has 1 heterocycles. The summed E-state index contributed by atoms with van der Waals surface area (Å²) in [5.74, 6) is 0.00267. The van der Waals surface area contributed by atoms with Crippen molar-refractivity contribution in [1.82, 2.24) is 9.78 Å². The van der Waals surface area contributed by atoms with Gasteiger partial charge >= 0.3 is 6.18 Å². The van der Waals surface area contributed by atoms with E-state index < -0.39 is 12.8 Å². The van der Waals surface area contributed by atoms with Gasteiger partial charge in [-0.2, -0.15) is 23.5 Å². The maximum Gasteiger partial charge on any atom is 0.422 e. The van der Waals surface area contributed by atoms with E-state index in [-0.39, 0.29) is 17.4 Å². The maximum atomic E-state index is 12.3. The largest absolute Gasteiger partial charge is 0.484 e. The summed E-state index contributed by atoms with van der Waals surface area (Å²) < 4.78 is 43.3. The number of rotatable bonds is 4. The van der Waals surface area contributed by atoms with Crippen LogP contribution in [0.15, 0.2) is 30.5 Å². The summed E-state index contributed by atoms with van der Waals surface area (Å²) in [5.41, 5.74) is 1.53. The van der Waals surface area contributed by atoms with Crippen LogP contribution < -0.4 is 4.74 Å². The first kappa shape index (κ1) is 15.9. The molecule has 116 valence electrons. The van der Waals surface area contributed by atoms with E-state index in [0.717, 1.165) is 0 Å². The third-order valence-corrected chi connectivity index (χ3v) is 2.89. The molecule has 0 atom stereocenters. The lowest BCUT2D eigenvalue weighted by Gasteiger charge is -2.13. The fourth-order valence-corrected chi connectivity index (χ4v) is 2.01. The molecule has 22 heavy (non-hydrogen) atoms. The number of nitrogens with zero attached hydrogens (tertiary/aromatic N) is 3. The molecule has 0 aliphatic rings. The molecular weight excluding hydrogens is 295 g/mol. The molecular formula is C15H14F3N3O. The molecule has 1 aromatic heterocycles. The van der Waals surface area contributed by atoms with Crippen molar-refractivity contribution >= 4 is 0 Å². The zero-order chi connectivity index (χ0) is 16.3. The average Bonchev–Trinajstić information content (AvgIpc) is 2.93. The van der Waals surface area contributed by atoms with Crippen LogP contribution in [0.4, 0.5) is 13.2 Å². The number of ether oxygens (including phenoxy) is 1. The molecule has 2 aromatic rings. The lowest BCUT2D eigenvalue weighted by atomic mass is 10.1. The zero-order valence-corrected chi connectivity index (χ0v) is 12.1. The molecule has 0 bridgehead atoms. The minimum Gasteiger partial charge on any atom is -0.484 e. The summed E-state index contributed by atoms with van der Waals surface area (Å²) >= 11 is 0. The summed E-state index contributed by atoms with van der Waals surface area (Å²) in [4.78, 5) is 0. The second kappa shape index (κ2) is 6.10. The van der Waals surface area contributed by atoms with E-state index in [1.165, 1.54) is 12.1 Å². The molecule has 0 unspecified atom stereocenters. The molecule has 7 heteroatoms. The zero-order valence-electron chi connectivity index (χ0n) is 12.1. The Labute approximate surface area is 125 Å². The Balaban J connectivity index is 2.40. The second-order valence-corrected chi connectivity index (χ2v) is 5.02. The SMILES string of the molecule is CC(C)n1nccc1-c1cc(C#N)cc(OCC(F)(F)F)c1. The van der Waals surface area contributed by atoms with Crippen LogP contribution in [0.25, 0.3) is 11.3 Å². The van der Waals surface area contributed by atoms with Gasteiger partial charge in [-0.05, 0) is 38.1 Å². The van der Waals surface area contributed by atoms with Crippen molar-refractivity contribution in [2.45, 2.75) is 26.1 Å². The summed E-state index contributed by atoms with van der Waals surface area (Å²) in [5, 5.41) is 13.2. The van der Waals surface area contributed by atoms with Crippen molar-refractivity contribution in [2.24, 2.45) is 0 Å². The lowest BCUT2D eigenvalue weighted by molar-refractivity contribution is -0.153. The molecule has 0 fully saturated rings. The number of halogens is 3. The minimum absolute atomic E-state index is 0.00267. The standard InChI is InChI=1S/C15H14F3N3O/c1-10(2)21-14(3-4-20-21)12-5-11(8-19)6-13(7-12)22-9-15(16,17)18/h3-7,10H,9H2,1-2H3. The molecule has 1 aromatic carbocycles. The normalized spacial score (nSPS) is 11.5. The van der Waals surface area contributed by atoms with E-state index in [0.29, 0.717) is 11.3 Å². The van der Waals surface area contributed by atoms with E-state index in [1.807, 2.05) is 19.9 Å². The molecule has 0 amide bonds. The van der Waals surface area contributed by atoms with Gasteiger partial charge in [0.25, 0.3) is 0 Å². The number of benzene rings is 1. The van der Waals surface area contributed by atoms with Crippen LogP contribution in [-0.4, -0.2) is 22.6 Å². The summed E-state index contributed by atoms with van der Waals surface area (Å²) in [7, 11) is 0. The number of hydrogen-bond donors (Lipinski definition) is 0. The summed E-state index contributed by atoms with van der Waals surface area (Å²) in [6.45, 7) is 2.47. The highest BCUT2D eigenvalue weighted by Gasteiger charge is 2.28. The smallest absolute Gasteiger partial charge is 0.422 e. The Kier molecular flexibility index (Phi) is 4.40. The number of hydrogen-bond acceptors (Lipinski definition) is 3. The first-order valence-corrected chi connectivity index (χ1v) is 6.59. The molecule has 0 aliphatic carbocycles. The minimum atomic E-state index is -4.43. The van der Waals surface area contributed by atoms with Crippen molar-refractivity contribution < 1.29 is 17.9 Å². The van der Waals surface area contributed by atoms with Gasteiger partial charge in [0, 0.05) is 17.8 Å². The molecule has 0 saturated carbocycles. The Morgan fingerprint density at radius 3 is 2.64 bits per heavy atom. The quantitative estimate of drug-likeness (QED) is 0.859. The second-order valence-electron chi connectivity index (χ2n) is 5.02. The Hall–Kier alpha value is -2.49. The van der Waals surface area contributed by atoms with E-state index in [4.69, 9.17) is 10.00 Å². The van der Waals surface area contributed by atoms with Gasteiger partial charge < -0.3 is 4.74 Å². The third-order valence-electron chi connectivity index (χ3n) is 2.89.